The summed E-state index contributed by atoms with van der Waals surface area (Å²) in [4.78, 5) is 12.3. The zero-order chi connectivity index (χ0) is 16.1. The van der Waals surface area contributed by atoms with Crippen molar-refractivity contribution in [2.45, 2.75) is 32.1 Å². The summed E-state index contributed by atoms with van der Waals surface area (Å²) in [6.07, 6.45) is 4.55. The SMILES string of the molecule is NCC1(C(=O)NCCS(=O)(=O)NCC2CCC2)CCOCC1. The molecular formula is C14H27N3O4S. The van der Waals surface area contributed by atoms with Crippen LogP contribution >= 0.6 is 0 Å². The number of hydrogen-bond donors (Lipinski definition) is 3. The molecule has 0 aromatic carbocycles. The maximum absolute atomic E-state index is 12.3. The molecule has 22 heavy (non-hydrogen) atoms. The fourth-order valence-electron chi connectivity index (χ4n) is 2.79. The molecule has 0 unspecified atom stereocenters. The van der Waals surface area contributed by atoms with E-state index in [2.05, 4.69) is 10.0 Å². The molecule has 0 aromatic heterocycles. The van der Waals surface area contributed by atoms with Gasteiger partial charge in [-0.15, -0.1) is 0 Å². The van der Waals surface area contributed by atoms with Crippen molar-refractivity contribution in [2.75, 3.05) is 38.6 Å². The summed E-state index contributed by atoms with van der Waals surface area (Å²) in [6, 6.07) is 0. The first-order chi connectivity index (χ1) is 10.5. The van der Waals surface area contributed by atoms with E-state index in [1.807, 2.05) is 0 Å². The van der Waals surface area contributed by atoms with E-state index in [0.29, 0.717) is 38.5 Å². The molecular weight excluding hydrogens is 306 g/mol. The Morgan fingerprint density at radius 3 is 2.50 bits per heavy atom. The molecule has 1 saturated carbocycles. The third-order valence-electron chi connectivity index (χ3n) is 4.80. The lowest BCUT2D eigenvalue weighted by atomic mass is 9.79. The highest BCUT2D eigenvalue weighted by atomic mass is 32.2. The summed E-state index contributed by atoms with van der Waals surface area (Å²) in [5, 5.41) is 2.72. The normalized spacial score (nSPS) is 22.0. The largest absolute Gasteiger partial charge is 0.381 e. The van der Waals surface area contributed by atoms with Gasteiger partial charge in [-0.25, -0.2) is 13.1 Å². The van der Waals surface area contributed by atoms with E-state index in [-0.39, 0.29) is 24.7 Å². The quantitative estimate of drug-likeness (QED) is 0.559. The number of nitrogens with one attached hydrogen (secondary N) is 2. The molecule has 7 nitrogen and oxygen atoms in total. The van der Waals surface area contributed by atoms with Gasteiger partial charge in [-0.2, -0.15) is 0 Å². The minimum atomic E-state index is -3.33. The van der Waals surface area contributed by atoms with Crippen molar-refractivity contribution in [1.29, 1.82) is 0 Å². The number of carbonyl (C=O) groups excluding carboxylic acids is 1. The second-order valence-corrected chi connectivity index (χ2v) is 8.24. The second-order valence-electron chi connectivity index (χ2n) is 6.32. The number of amides is 1. The van der Waals surface area contributed by atoms with Crippen LogP contribution in [-0.4, -0.2) is 52.9 Å². The van der Waals surface area contributed by atoms with Gasteiger partial charge in [0.2, 0.25) is 15.9 Å². The minimum absolute atomic E-state index is 0.0946. The molecule has 0 aromatic rings. The van der Waals surface area contributed by atoms with Crippen molar-refractivity contribution in [3.63, 3.8) is 0 Å². The Kier molecular flexibility index (Phi) is 6.19. The lowest BCUT2D eigenvalue weighted by molar-refractivity contribution is -0.135. The molecule has 1 amide bonds. The molecule has 0 bridgehead atoms. The molecule has 8 heteroatoms. The zero-order valence-electron chi connectivity index (χ0n) is 13.0. The summed E-state index contributed by atoms with van der Waals surface area (Å²) in [7, 11) is -3.33. The van der Waals surface area contributed by atoms with Gasteiger partial charge in [0.15, 0.2) is 0 Å². The van der Waals surface area contributed by atoms with Gasteiger partial charge in [0.25, 0.3) is 0 Å². The van der Waals surface area contributed by atoms with Gasteiger partial charge in [0, 0.05) is 32.8 Å². The van der Waals surface area contributed by atoms with E-state index in [0.717, 1.165) is 12.8 Å². The molecule has 2 aliphatic rings. The number of nitrogens with two attached hydrogens (primary N) is 1. The molecule has 128 valence electrons. The van der Waals surface area contributed by atoms with Crippen LogP contribution < -0.4 is 15.8 Å². The number of hydrogen-bond acceptors (Lipinski definition) is 5. The predicted molar refractivity (Wildman–Crippen MR) is 83.7 cm³/mol. The van der Waals surface area contributed by atoms with Crippen molar-refractivity contribution in [2.24, 2.45) is 17.1 Å². The highest BCUT2D eigenvalue weighted by Crippen LogP contribution is 2.29. The maximum Gasteiger partial charge on any atom is 0.227 e. The lowest BCUT2D eigenvalue weighted by Gasteiger charge is -2.34. The van der Waals surface area contributed by atoms with Gasteiger partial charge in [-0.05, 0) is 31.6 Å². The van der Waals surface area contributed by atoms with E-state index in [1.165, 1.54) is 6.42 Å². The monoisotopic (exact) mass is 333 g/mol. The molecule has 2 fully saturated rings. The Morgan fingerprint density at radius 2 is 1.95 bits per heavy atom. The third kappa shape index (κ3) is 4.65. The van der Waals surface area contributed by atoms with Gasteiger partial charge in [-0.1, -0.05) is 6.42 Å². The van der Waals surface area contributed by atoms with Gasteiger partial charge in [0.1, 0.15) is 0 Å². The number of rotatable bonds is 8. The highest BCUT2D eigenvalue weighted by molar-refractivity contribution is 7.89. The number of sulfonamides is 1. The van der Waals surface area contributed by atoms with Gasteiger partial charge in [0.05, 0.1) is 11.2 Å². The van der Waals surface area contributed by atoms with Crippen LogP contribution in [0.25, 0.3) is 0 Å². The second kappa shape index (κ2) is 7.72. The summed E-state index contributed by atoms with van der Waals surface area (Å²) in [5.41, 5.74) is 5.14. The first-order valence-electron chi connectivity index (χ1n) is 8.01. The maximum atomic E-state index is 12.3. The molecule has 0 spiro atoms. The highest BCUT2D eigenvalue weighted by Gasteiger charge is 2.38. The van der Waals surface area contributed by atoms with Crippen LogP contribution in [0, 0.1) is 11.3 Å². The standard InChI is InChI=1S/C14H27N3O4S/c15-11-14(4-7-21-8-5-14)13(18)16-6-9-22(19,20)17-10-12-2-1-3-12/h12,17H,1-11,15H2,(H,16,18). The van der Waals surface area contributed by atoms with Crippen molar-refractivity contribution in [1.82, 2.24) is 10.0 Å². The Balaban J connectivity index is 1.73. The Labute approximate surface area is 132 Å². The van der Waals surface area contributed by atoms with Crippen LogP contribution in [0.4, 0.5) is 0 Å². The van der Waals surface area contributed by atoms with E-state index in [1.54, 1.807) is 0 Å². The van der Waals surface area contributed by atoms with E-state index in [4.69, 9.17) is 10.5 Å². The Hall–Kier alpha value is -0.700. The van der Waals surface area contributed by atoms with Gasteiger partial charge in [-0.3, -0.25) is 4.79 Å². The lowest BCUT2D eigenvalue weighted by Crippen LogP contribution is -2.50. The van der Waals surface area contributed by atoms with Crippen molar-refractivity contribution in [3.8, 4) is 0 Å². The summed E-state index contributed by atoms with van der Waals surface area (Å²) >= 11 is 0. The summed E-state index contributed by atoms with van der Waals surface area (Å²) in [5.74, 6) is 0.224. The first-order valence-corrected chi connectivity index (χ1v) is 9.66. The van der Waals surface area contributed by atoms with Gasteiger partial charge >= 0.3 is 0 Å². The summed E-state index contributed by atoms with van der Waals surface area (Å²) in [6.45, 7) is 1.92. The zero-order valence-corrected chi connectivity index (χ0v) is 13.8. The van der Waals surface area contributed by atoms with Crippen LogP contribution in [-0.2, 0) is 19.6 Å². The van der Waals surface area contributed by atoms with Gasteiger partial charge < -0.3 is 15.8 Å². The third-order valence-corrected chi connectivity index (χ3v) is 6.14. The fraction of sp³-hybridized carbons (Fsp3) is 0.929. The number of ether oxygens (including phenoxy) is 1. The molecule has 1 aliphatic carbocycles. The van der Waals surface area contributed by atoms with Crippen LogP contribution in [0.1, 0.15) is 32.1 Å². The minimum Gasteiger partial charge on any atom is -0.381 e. The first kappa shape index (κ1) is 17.7. The molecule has 1 heterocycles. The predicted octanol–water partition coefficient (Wildman–Crippen LogP) is -0.422. The summed E-state index contributed by atoms with van der Waals surface area (Å²) < 4.78 is 31.6. The molecule has 0 radical (unpaired) electrons. The Bertz CT molecular complexity index is 470. The van der Waals surface area contributed by atoms with Crippen molar-refractivity contribution in [3.05, 3.63) is 0 Å². The molecule has 0 atom stereocenters. The van der Waals surface area contributed by atoms with E-state index < -0.39 is 15.4 Å². The molecule has 2 rings (SSSR count). The van der Waals surface area contributed by atoms with Crippen LogP contribution in [0.5, 0.6) is 0 Å². The van der Waals surface area contributed by atoms with Crippen LogP contribution in [0.3, 0.4) is 0 Å². The molecule has 4 N–H and O–H groups in total. The average Bonchev–Trinajstić information content (AvgIpc) is 2.45. The van der Waals surface area contributed by atoms with Crippen molar-refractivity contribution < 1.29 is 17.9 Å². The Morgan fingerprint density at radius 1 is 1.27 bits per heavy atom. The molecule has 1 saturated heterocycles. The van der Waals surface area contributed by atoms with Crippen molar-refractivity contribution >= 4 is 15.9 Å². The van der Waals surface area contributed by atoms with E-state index in [9.17, 15) is 13.2 Å². The fourth-order valence-corrected chi connectivity index (χ4v) is 3.79. The van der Waals surface area contributed by atoms with Crippen LogP contribution in [0.15, 0.2) is 0 Å². The topological polar surface area (TPSA) is 111 Å². The van der Waals surface area contributed by atoms with E-state index >= 15 is 0 Å². The average molecular weight is 333 g/mol. The number of carbonyl (C=O) groups is 1. The molecule has 1 aliphatic heterocycles. The smallest absolute Gasteiger partial charge is 0.227 e. The van der Waals surface area contributed by atoms with Crippen LogP contribution in [0.2, 0.25) is 0 Å².